The fourth-order valence-corrected chi connectivity index (χ4v) is 11.0. The molecule has 4 unspecified atom stereocenters. The average Bonchev–Trinajstić information content (AvgIpc) is 2.73. The molecule has 0 aromatic carbocycles. The number of methoxy groups -OCH3 is 1. The lowest BCUT2D eigenvalue weighted by Crippen LogP contribution is -2.65. The maximum Gasteiger partial charge on any atom is 0.310 e. The van der Waals surface area contributed by atoms with Gasteiger partial charge in [0.2, 0.25) is 0 Å². The van der Waals surface area contributed by atoms with Gasteiger partial charge in [0.1, 0.15) is 0 Å². The van der Waals surface area contributed by atoms with Crippen molar-refractivity contribution < 1.29 is 14.6 Å². The summed E-state index contributed by atoms with van der Waals surface area (Å²) in [5.74, 6) is 1.03. The van der Waals surface area contributed by atoms with E-state index in [9.17, 15) is 9.90 Å². The smallest absolute Gasteiger partial charge is 0.310 e. The van der Waals surface area contributed by atoms with Crippen LogP contribution in [-0.4, -0.2) is 24.3 Å². The molecule has 5 rings (SSSR count). The highest BCUT2D eigenvalue weighted by molar-refractivity contribution is 5.76. The second kappa shape index (κ2) is 7.36. The minimum atomic E-state index is -0.538. The molecule has 0 saturated heterocycles. The Hall–Kier alpha value is -0.830. The SMILES string of the molecule is COC1CC[C@@]2(C)C(CC[C@]3(C)C2CC=C2[C@@H]4CC(C)(C)CCC4(C(=O)O)CC[C@]23C)C1(C)C. The van der Waals surface area contributed by atoms with Crippen LogP contribution < -0.4 is 0 Å². The molecule has 3 heteroatoms. The average molecular weight is 471 g/mol. The Morgan fingerprint density at radius 2 is 1.59 bits per heavy atom. The summed E-state index contributed by atoms with van der Waals surface area (Å²) in [6.07, 6.45) is 13.9. The standard InChI is InChI=1S/C31H50O3/c1-26(2)15-17-31(25(32)33)18-16-29(6)20(21(31)19-26)9-10-23-28(5)13-12-24(34-8)27(3,4)22(28)11-14-30(23,29)7/h9,21-24H,10-19H2,1-8H3,(H,32,33)/t21-,22?,23?,24?,28-,29+,30+,31?/m0/s1. The van der Waals surface area contributed by atoms with E-state index >= 15 is 0 Å². The number of carboxylic acids is 1. The van der Waals surface area contributed by atoms with E-state index in [2.05, 4.69) is 54.5 Å². The summed E-state index contributed by atoms with van der Waals surface area (Å²) in [7, 11) is 1.90. The van der Waals surface area contributed by atoms with Crippen LogP contribution in [0.25, 0.3) is 0 Å². The van der Waals surface area contributed by atoms with E-state index in [1.807, 2.05) is 7.11 Å². The van der Waals surface area contributed by atoms with Crippen LogP contribution in [0.2, 0.25) is 0 Å². The van der Waals surface area contributed by atoms with Crippen molar-refractivity contribution in [1.29, 1.82) is 0 Å². The summed E-state index contributed by atoms with van der Waals surface area (Å²) in [5, 5.41) is 10.5. The Bertz CT molecular complexity index is 900. The van der Waals surface area contributed by atoms with E-state index in [4.69, 9.17) is 4.74 Å². The normalized spacial score (nSPS) is 51.2. The Labute approximate surface area is 208 Å². The van der Waals surface area contributed by atoms with Crippen LogP contribution in [0.15, 0.2) is 11.6 Å². The Morgan fingerprint density at radius 1 is 0.912 bits per heavy atom. The molecule has 0 amide bonds. The molecular formula is C31H50O3. The molecule has 5 aliphatic rings. The molecule has 8 atom stereocenters. The second-order valence-corrected chi connectivity index (χ2v) is 15.3. The quantitative estimate of drug-likeness (QED) is 0.417. The summed E-state index contributed by atoms with van der Waals surface area (Å²) in [4.78, 5) is 12.8. The van der Waals surface area contributed by atoms with Crippen LogP contribution in [0, 0.1) is 50.2 Å². The van der Waals surface area contributed by atoms with Crippen LogP contribution in [-0.2, 0) is 9.53 Å². The van der Waals surface area contributed by atoms with Gasteiger partial charge in [0.25, 0.3) is 0 Å². The monoisotopic (exact) mass is 470 g/mol. The zero-order valence-corrected chi connectivity index (χ0v) is 23.2. The first kappa shape index (κ1) is 24.8. The van der Waals surface area contributed by atoms with Gasteiger partial charge < -0.3 is 9.84 Å². The zero-order chi connectivity index (χ0) is 24.9. The molecule has 0 bridgehead atoms. The van der Waals surface area contributed by atoms with Crippen LogP contribution >= 0.6 is 0 Å². The molecule has 1 N–H and O–H groups in total. The largest absolute Gasteiger partial charge is 0.481 e. The number of rotatable bonds is 2. The van der Waals surface area contributed by atoms with Gasteiger partial charge in [0.05, 0.1) is 11.5 Å². The van der Waals surface area contributed by atoms with E-state index in [-0.39, 0.29) is 27.6 Å². The molecular weight excluding hydrogens is 420 g/mol. The van der Waals surface area contributed by atoms with Crippen LogP contribution in [0.5, 0.6) is 0 Å². The van der Waals surface area contributed by atoms with Gasteiger partial charge in [-0.2, -0.15) is 0 Å². The lowest BCUT2D eigenvalue weighted by molar-refractivity contribution is -0.209. The zero-order valence-electron chi connectivity index (χ0n) is 23.2. The molecule has 5 aliphatic carbocycles. The molecule has 0 heterocycles. The van der Waals surface area contributed by atoms with E-state index < -0.39 is 11.4 Å². The predicted molar refractivity (Wildman–Crippen MR) is 137 cm³/mol. The highest BCUT2D eigenvalue weighted by Gasteiger charge is 2.69. The molecule has 4 saturated carbocycles. The van der Waals surface area contributed by atoms with Crippen molar-refractivity contribution in [3.05, 3.63) is 11.6 Å². The van der Waals surface area contributed by atoms with E-state index in [0.29, 0.717) is 23.4 Å². The number of hydrogen-bond acceptors (Lipinski definition) is 2. The maximum absolute atomic E-state index is 12.8. The molecule has 0 aliphatic heterocycles. The van der Waals surface area contributed by atoms with Gasteiger partial charge in [0, 0.05) is 7.11 Å². The topological polar surface area (TPSA) is 46.5 Å². The van der Waals surface area contributed by atoms with E-state index in [0.717, 1.165) is 44.9 Å². The molecule has 0 radical (unpaired) electrons. The number of carboxylic acid groups (broad SMARTS) is 1. The van der Waals surface area contributed by atoms with Gasteiger partial charge in [-0.15, -0.1) is 0 Å². The van der Waals surface area contributed by atoms with Crippen LogP contribution in [0.1, 0.15) is 113 Å². The predicted octanol–water partition coefficient (Wildman–Crippen LogP) is 7.89. The Balaban J connectivity index is 1.58. The van der Waals surface area contributed by atoms with Crippen molar-refractivity contribution in [3.8, 4) is 0 Å². The highest BCUT2D eigenvalue weighted by atomic mass is 16.5. The highest BCUT2D eigenvalue weighted by Crippen LogP contribution is 2.75. The number of carbonyl (C=O) groups is 1. The first-order chi connectivity index (χ1) is 15.7. The number of ether oxygens (including phenoxy) is 1. The minimum Gasteiger partial charge on any atom is -0.481 e. The summed E-state index contributed by atoms with van der Waals surface area (Å²) in [5.41, 5.74) is 2.11. The van der Waals surface area contributed by atoms with Crippen molar-refractivity contribution in [2.75, 3.05) is 7.11 Å². The Morgan fingerprint density at radius 3 is 2.24 bits per heavy atom. The summed E-state index contributed by atoms with van der Waals surface area (Å²) >= 11 is 0. The summed E-state index contributed by atoms with van der Waals surface area (Å²) in [6.45, 7) is 17.4. The second-order valence-electron chi connectivity index (χ2n) is 15.3. The van der Waals surface area contributed by atoms with Gasteiger partial charge in [-0.25, -0.2) is 0 Å². The van der Waals surface area contributed by atoms with Crippen molar-refractivity contribution in [1.82, 2.24) is 0 Å². The lowest BCUT2D eigenvalue weighted by Gasteiger charge is -2.71. The molecule has 3 nitrogen and oxygen atoms in total. The number of fused-ring (bicyclic) bond motifs is 7. The van der Waals surface area contributed by atoms with Crippen LogP contribution in [0.4, 0.5) is 0 Å². The maximum atomic E-state index is 12.8. The first-order valence-electron chi connectivity index (χ1n) is 14.1. The fourth-order valence-electron chi connectivity index (χ4n) is 11.0. The molecule has 0 spiro atoms. The third-order valence-corrected chi connectivity index (χ3v) is 13.3. The van der Waals surface area contributed by atoms with Crippen molar-refractivity contribution >= 4 is 5.97 Å². The Kier molecular flexibility index (Phi) is 5.38. The van der Waals surface area contributed by atoms with Gasteiger partial charge in [-0.3, -0.25) is 4.79 Å². The van der Waals surface area contributed by atoms with Gasteiger partial charge in [-0.05, 0) is 109 Å². The van der Waals surface area contributed by atoms with Gasteiger partial charge >= 0.3 is 5.97 Å². The third kappa shape index (κ3) is 2.94. The van der Waals surface area contributed by atoms with Crippen LogP contribution in [0.3, 0.4) is 0 Å². The van der Waals surface area contributed by atoms with Crippen molar-refractivity contribution in [2.24, 2.45) is 50.2 Å². The molecule has 34 heavy (non-hydrogen) atoms. The molecule has 192 valence electrons. The number of aliphatic carboxylic acids is 1. The van der Waals surface area contributed by atoms with E-state index in [1.165, 1.54) is 19.3 Å². The summed E-state index contributed by atoms with van der Waals surface area (Å²) in [6, 6.07) is 0. The lowest BCUT2D eigenvalue weighted by atomic mass is 9.33. The van der Waals surface area contributed by atoms with E-state index in [1.54, 1.807) is 5.57 Å². The van der Waals surface area contributed by atoms with Gasteiger partial charge in [0.15, 0.2) is 0 Å². The first-order valence-corrected chi connectivity index (χ1v) is 14.1. The summed E-state index contributed by atoms with van der Waals surface area (Å²) < 4.78 is 6.01. The minimum absolute atomic E-state index is 0.114. The molecule has 0 aromatic heterocycles. The van der Waals surface area contributed by atoms with Crippen molar-refractivity contribution in [2.45, 2.75) is 119 Å². The number of allylic oxidation sites excluding steroid dienone is 2. The van der Waals surface area contributed by atoms with Crippen molar-refractivity contribution in [3.63, 3.8) is 0 Å². The fraction of sp³-hybridized carbons (Fsp3) is 0.903. The third-order valence-electron chi connectivity index (χ3n) is 13.3. The number of hydrogen-bond donors (Lipinski definition) is 1. The molecule has 4 fully saturated rings. The molecule has 0 aromatic rings. The van der Waals surface area contributed by atoms with Gasteiger partial charge in [-0.1, -0.05) is 60.1 Å².